The zero-order valence-corrected chi connectivity index (χ0v) is 27.1. The molecule has 0 aromatic rings. The zero-order valence-electron chi connectivity index (χ0n) is 27.1. The minimum Gasteiger partial charge on any atom is -0.444 e. The average molecular weight is 591 g/mol. The molecule has 2 aliphatic heterocycles. The van der Waals surface area contributed by atoms with Gasteiger partial charge in [0, 0.05) is 12.1 Å². The second-order valence-corrected chi connectivity index (χ2v) is 15.1. The van der Waals surface area contributed by atoms with Crippen LogP contribution in [0.15, 0.2) is 0 Å². The van der Waals surface area contributed by atoms with Crippen molar-refractivity contribution in [2.45, 2.75) is 149 Å². The first-order chi connectivity index (χ1) is 19.4. The Labute approximate surface area is 251 Å². The summed E-state index contributed by atoms with van der Waals surface area (Å²) in [7, 11) is 0. The van der Waals surface area contributed by atoms with Crippen molar-refractivity contribution in [3.8, 4) is 0 Å². The van der Waals surface area contributed by atoms with E-state index in [9.17, 15) is 24.0 Å². The number of alkyl carbamates (subject to hydrolysis) is 1. The highest BCUT2D eigenvalue weighted by Crippen LogP contribution is 2.65. The molecule has 3 aliphatic rings. The number of amides is 4. The van der Waals surface area contributed by atoms with E-state index < -0.39 is 53.0 Å². The van der Waals surface area contributed by atoms with E-state index in [1.807, 2.05) is 0 Å². The van der Waals surface area contributed by atoms with E-state index in [4.69, 9.17) is 4.74 Å². The van der Waals surface area contributed by atoms with Gasteiger partial charge in [0.1, 0.15) is 17.7 Å². The molecule has 10 heteroatoms. The smallest absolute Gasteiger partial charge is 0.408 e. The van der Waals surface area contributed by atoms with E-state index in [2.05, 4.69) is 29.8 Å². The lowest BCUT2D eigenvalue weighted by Gasteiger charge is -2.34. The summed E-state index contributed by atoms with van der Waals surface area (Å²) in [4.78, 5) is 68.4. The molecule has 3 N–H and O–H groups in total. The molecule has 1 aliphatic carbocycles. The van der Waals surface area contributed by atoms with Gasteiger partial charge in [-0.1, -0.05) is 65.2 Å². The number of carbonyl (C=O) groups excluding carboxylic acids is 5. The van der Waals surface area contributed by atoms with Crippen LogP contribution in [-0.4, -0.2) is 70.3 Å². The normalized spacial score (nSPS) is 29.3. The Balaban J connectivity index is 1.88. The monoisotopic (exact) mass is 590 g/mol. The summed E-state index contributed by atoms with van der Waals surface area (Å²) in [6, 6.07) is -2.57. The highest BCUT2D eigenvalue weighted by atomic mass is 16.6. The zero-order chi connectivity index (χ0) is 31.5. The molecule has 0 spiro atoms. The number of nitrogens with zero attached hydrogens (tertiary/aromatic N) is 1. The minimum absolute atomic E-state index is 0.0649. The van der Waals surface area contributed by atoms with Gasteiger partial charge in [-0.2, -0.15) is 0 Å². The number of ketones is 1. The minimum atomic E-state index is -0.968. The third-order valence-electron chi connectivity index (χ3n) is 8.83. The molecule has 2 saturated heterocycles. The van der Waals surface area contributed by atoms with Gasteiger partial charge in [0.25, 0.3) is 5.91 Å². The standard InChI is InChI=1S/C32H54N4O6/c1-30(2,3)35-27(39)25(37)21-17-15-13-11-9-10-12-14-16-18-22(34-29(41)42-31(4,5)6)28(40)36-19-20-23(32(20,7)8)24(36)26(38)33-21/h20-24H,9-19H2,1-8H3,(H,33,38)(H,34,41)(H,35,39)/t20-,21+,22+,23-,24+/m1/s1. The Bertz CT molecular complexity index is 1030. The molecule has 2 heterocycles. The fraction of sp³-hybridized carbons (Fsp3) is 0.844. The fourth-order valence-corrected chi connectivity index (χ4v) is 6.56. The summed E-state index contributed by atoms with van der Waals surface area (Å²) >= 11 is 0. The van der Waals surface area contributed by atoms with E-state index >= 15 is 0 Å². The topological polar surface area (TPSA) is 134 Å². The molecule has 4 amide bonds. The number of piperidine rings is 1. The predicted molar refractivity (Wildman–Crippen MR) is 160 cm³/mol. The van der Waals surface area contributed by atoms with Gasteiger partial charge in [-0.15, -0.1) is 0 Å². The van der Waals surface area contributed by atoms with Crippen LogP contribution in [0.25, 0.3) is 0 Å². The van der Waals surface area contributed by atoms with Gasteiger partial charge in [0.2, 0.25) is 17.6 Å². The molecule has 0 aromatic heterocycles. The number of Topliss-reactive ketones (excluding diaryl/α,β-unsaturated/α-hetero) is 1. The quantitative estimate of drug-likeness (QED) is 0.421. The lowest BCUT2D eigenvalue weighted by Crippen LogP contribution is -2.58. The Hall–Kier alpha value is -2.65. The number of ether oxygens (including phenoxy) is 1. The summed E-state index contributed by atoms with van der Waals surface area (Å²) in [5.41, 5.74) is -1.44. The van der Waals surface area contributed by atoms with Crippen molar-refractivity contribution in [2.24, 2.45) is 17.3 Å². The highest BCUT2D eigenvalue weighted by Gasteiger charge is 2.69. The van der Waals surface area contributed by atoms with Crippen LogP contribution in [0.4, 0.5) is 4.79 Å². The molecule has 3 fully saturated rings. The molecular formula is C32H54N4O6. The summed E-state index contributed by atoms with van der Waals surface area (Å²) in [5, 5.41) is 8.41. The van der Waals surface area contributed by atoms with Crippen LogP contribution < -0.4 is 16.0 Å². The molecule has 238 valence electrons. The summed E-state index contributed by atoms with van der Waals surface area (Å²) in [5.74, 6) is -2.02. The summed E-state index contributed by atoms with van der Waals surface area (Å²) < 4.78 is 5.46. The van der Waals surface area contributed by atoms with Crippen molar-refractivity contribution < 1.29 is 28.7 Å². The van der Waals surface area contributed by atoms with E-state index in [-0.39, 0.29) is 23.2 Å². The van der Waals surface area contributed by atoms with Crippen LogP contribution in [0, 0.1) is 17.3 Å². The maximum absolute atomic E-state index is 14.0. The van der Waals surface area contributed by atoms with Crippen molar-refractivity contribution >= 4 is 29.6 Å². The first-order valence-electron chi connectivity index (χ1n) is 15.9. The van der Waals surface area contributed by atoms with Crippen molar-refractivity contribution in [1.29, 1.82) is 0 Å². The number of hydrogen-bond acceptors (Lipinski definition) is 6. The van der Waals surface area contributed by atoms with E-state index in [1.165, 1.54) is 0 Å². The molecule has 0 bridgehead atoms. The SMILES string of the molecule is CC(C)(C)NC(=O)C(=O)[C@@H]1CCCCCCCCCC[C@H](NC(=O)OC(C)(C)C)C(=O)N2C[C@@H]3[C@H]([C@H]2C(=O)N1)C3(C)C. The number of carbonyl (C=O) groups is 5. The van der Waals surface area contributed by atoms with Gasteiger partial charge < -0.3 is 25.6 Å². The van der Waals surface area contributed by atoms with E-state index in [1.54, 1.807) is 46.4 Å². The maximum atomic E-state index is 14.0. The van der Waals surface area contributed by atoms with Gasteiger partial charge >= 0.3 is 6.09 Å². The van der Waals surface area contributed by atoms with Gasteiger partial charge in [-0.05, 0) is 71.6 Å². The molecule has 1 saturated carbocycles. The number of rotatable bonds is 3. The van der Waals surface area contributed by atoms with Crippen molar-refractivity contribution in [1.82, 2.24) is 20.9 Å². The summed E-state index contributed by atoms with van der Waals surface area (Å²) in [6.07, 6.45) is 7.67. The molecule has 42 heavy (non-hydrogen) atoms. The largest absolute Gasteiger partial charge is 0.444 e. The van der Waals surface area contributed by atoms with E-state index in [0.717, 1.165) is 44.9 Å². The van der Waals surface area contributed by atoms with Crippen molar-refractivity contribution in [3.63, 3.8) is 0 Å². The van der Waals surface area contributed by atoms with E-state index in [0.29, 0.717) is 25.8 Å². The highest BCUT2D eigenvalue weighted by molar-refractivity contribution is 6.38. The van der Waals surface area contributed by atoms with Crippen LogP contribution in [0.5, 0.6) is 0 Å². The number of hydrogen-bond donors (Lipinski definition) is 3. The number of fused-ring (bicyclic) bond motifs is 3. The van der Waals surface area contributed by atoms with Crippen LogP contribution in [-0.2, 0) is 23.9 Å². The third kappa shape index (κ3) is 8.93. The first-order valence-corrected chi connectivity index (χ1v) is 15.9. The Morgan fingerprint density at radius 3 is 1.98 bits per heavy atom. The average Bonchev–Trinajstić information content (AvgIpc) is 3.18. The van der Waals surface area contributed by atoms with Crippen molar-refractivity contribution in [2.75, 3.05) is 6.54 Å². The molecular weight excluding hydrogens is 536 g/mol. The van der Waals surface area contributed by atoms with Crippen LogP contribution in [0.3, 0.4) is 0 Å². The second kappa shape index (κ2) is 13.3. The van der Waals surface area contributed by atoms with Crippen LogP contribution >= 0.6 is 0 Å². The van der Waals surface area contributed by atoms with Gasteiger partial charge in [-0.3, -0.25) is 19.2 Å². The lowest BCUT2D eigenvalue weighted by molar-refractivity contribution is -0.144. The number of nitrogens with one attached hydrogen (secondary N) is 3. The lowest BCUT2D eigenvalue weighted by atomic mass is 9.97. The van der Waals surface area contributed by atoms with Gasteiger partial charge in [0.05, 0.1) is 6.04 Å². The summed E-state index contributed by atoms with van der Waals surface area (Å²) in [6.45, 7) is 15.3. The van der Waals surface area contributed by atoms with Crippen LogP contribution in [0.1, 0.15) is 120 Å². The molecule has 0 unspecified atom stereocenters. The fourth-order valence-electron chi connectivity index (χ4n) is 6.56. The molecule has 0 radical (unpaired) electrons. The third-order valence-corrected chi connectivity index (χ3v) is 8.83. The molecule has 3 rings (SSSR count). The Morgan fingerprint density at radius 2 is 1.43 bits per heavy atom. The predicted octanol–water partition coefficient (Wildman–Crippen LogP) is 4.25. The first kappa shape index (κ1) is 33.8. The molecule has 5 atom stereocenters. The molecule has 10 nitrogen and oxygen atoms in total. The maximum Gasteiger partial charge on any atom is 0.408 e. The Kier molecular flexibility index (Phi) is 10.7. The van der Waals surface area contributed by atoms with Gasteiger partial charge in [0.15, 0.2) is 0 Å². The van der Waals surface area contributed by atoms with Crippen molar-refractivity contribution in [3.05, 3.63) is 0 Å². The van der Waals surface area contributed by atoms with Crippen LogP contribution in [0.2, 0.25) is 0 Å². The molecule has 0 aromatic carbocycles. The second-order valence-electron chi connectivity index (χ2n) is 15.1. The van der Waals surface area contributed by atoms with Gasteiger partial charge in [-0.25, -0.2) is 4.79 Å². The Morgan fingerprint density at radius 1 is 0.881 bits per heavy atom.